The molecule has 2 N–H and O–H groups in total. The molecule has 2 aromatic heterocycles. The van der Waals surface area contributed by atoms with Crippen molar-refractivity contribution in [3.05, 3.63) is 64.7 Å². The quantitative estimate of drug-likeness (QED) is 0.595. The van der Waals surface area contributed by atoms with E-state index in [2.05, 4.69) is 15.7 Å². The summed E-state index contributed by atoms with van der Waals surface area (Å²) in [7, 11) is 0. The zero-order valence-corrected chi connectivity index (χ0v) is 15.2. The normalized spacial score (nSPS) is 10.9. The molecule has 0 aliphatic rings. The van der Waals surface area contributed by atoms with Crippen LogP contribution in [0.15, 0.2) is 53.5 Å². The van der Waals surface area contributed by atoms with E-state index < -0.39 is 0 Å². The Hall–Kier alpha value is -3.13. The minimum Gasteiger partial charge on any atom is -0.382 e. The Morgan fingerprint density at radius 3 is 2.93 bits per heavy atom. The summed E-state index contributed by atoms with van der Waals surface area (Å²) in [5.41, 5.74) is 1.93. The molecule has 0 aliphatic carbocycles. The molecule has 3 aromatic rings. The van der Waals surface area contributed by atoms with Gasteiger partial charge in [-0.2, -0.15) is 0 Å². The minimum atomic E-state index is -0.270. The number of fused-ring (bicyclic) bond motifs is 1. The molecule has 142 valence electrons. The molecule has 0 unspecified atom stereocenters. The van der Waals surface area contributed by atoms with Crippen LogP contribution < -0.4 is 16.3 Å². The molecule has 0 fully saturated rings. The molecule has 0 bridgehead atoms. The van der Waals surface area contributed by atoms with E-state index in [1.807, 2.05) is 31.2 Å². The van der Waals surface area contributed by atoms with Crippen LogP contribution in [0.2, 0.25) is 0 Å². The number of pyridine rings is 1. The van der Waals surface area contributed by atoms with Crippen LogP contribution in [0.5, 0.6) is 0 Å². The van der Waals surface area contributed by atoms with Crippen molar-refractivity contribution in [2.24, 2.45) is 0 Å². The van der Waals surface area contributed by atoms with Gasteiger partial charge in [-0.3, -0.25) is 4.40 Å². The second-order valence-electron chi connectivity index (χ2n) is 6.00. The molecule has 8 nitrogen and oxygen atoms in total. The smallest absolute Gasteiger partial charge is 0.350 e. The van der Waals surface area contributed by atoms with E-state index in [1.165, 1.54) is 9.08 Å². The van der Waals surface area contributed by atoms with Crippen LogP contribution in [-0.4, -0.2) is 40.0 Å². The summed E-state index contributed by atoms with van der Waals surface area (Å²) in [6.07, 6.45) is 2.45. The van der Waals surface area contributed by atoms with Crippen LogP contribution in [0.3, 0.4) is 0 Å². The predicted molar refractivity (Wildman–Crippen MR) is 103 cm³/mol. The van der Waals surface area contributed by atoms with Gasteiger partial charge in [-0.1, -0.05) is 18.2 Å². The number of rotatable bonds is 8. The molecular formula is C19H23N5O3. The lowest BCUT2D eigenvalue weighted by atomic mass is 10.2. The molecular weight excluding hydrogens is 346 g/mol. The van der Waals surface area contributed by atoms with E-state index in [1.54, 1.807) is 24.4 Å². The van der Waals surface area contributed by atoms with Crippen LogP contribution in [-0.2, 0) is 11.3 Å². The van der Waals surface area contributed by atoms with E-state index in [0.717, 1.165) is 12.0 Å². The van der Waals surface area contributed by atoms with Gasteiger partial charge in [0.1, 0.15) is 0 Å². The number of benzene rings is 1. The van der Waals surface area contributed by atoms with E-state index in [9.17, 15) is 9.59 Å². The van der Waals surface area contributed by atoms with Crippen molar-refractivity contribution in [3.63, 3.8) is 0 Å². The van der Waals surface area contributed by atoms with Crippen LogP contribution in [0, 0.1) is 0 Å². The van der Waals surface area contributed by atoms with Crippen LogP contribution in [0.4, 0.5) is 10.5 Å². The fourth-order valence-electron chi connectivity index (χ4n) is 2.69. The third kappa shape index (κ3) is 4.95. The highest BCUT2D eigenvalue weighted by atomic mass is 16.5. The maximum atomic E-state index is 12.4. The standard InChI is InChI=1S/C19H23N5O3/c1-2-27-12-6-10-20-18(25)21-16-8-5-7-15(13-16)14-24-19(26)23-11-4-3-9-17(23)22-24/h3-5,7-9,11,13H,2,6,10,12,14H2,1H3,(H2,20,21,25). The van der Waals surface area contributed by atoms with Crippen molar-refractivity contribution in [2.75, 3.05) is 25.1 Å². The number of aromatic nitrogens is 3. The number of nitrogens with zero attached hydrogens (tertiary/aromatic N) is 3. The van der Waals surface area contributed by atoms with Crippen LogP contribution in [0.1, 0.15) is 18.9 Å². The molecule has 0 saturated carbocycles. The van der Waals surface area contributed by atoms with Gasteiger partial charge in [0.05, 0.1) is 6.54 Å². The lowest BCUT2D eigenvalue weighted by molar-refractivity contribution is 0.145. The van der Waals surface area contributed by atoms with Gasteiger partial charge in [-0.05, 0) is 43.2 Å². The van der Waals surface area contributed by atoms with Crippen molar-refractivity contribution < 1.29 is 9.53 Å². The molecule has 3 rings (SSSR count). The molecule has 0 atom stereocenters. The van der Waals surface area contributed by atoms with Crippen molar-refractivity contribution in [1.29, 1.82) is 0 Å². The third-order valence-electron chi connectivity index (χ3n) is 3.96. The summed E-state index contributed by atoms with van der Waals surface area (Å²) >= 11 is 0. The Morgan fingerprint density at radius 2 is 2.11 bits per heavy atom. The number of anilines is 1. The second kappa shape index (κ2) is 9.00. The molecule has 0 aliphatic heterocycles. The Labute approximate surface area is 156 Å². The second-order valence-corrected chi connectivity index (χ2v) is 6.00. The summed E-state index contributed by atoms with van der Waals surface area (Å²) < 4.78 is 8.13. The highest BCUT2D eigenvalue weighted by Gasteiger charge is 2.07. The Morgan fingerprint density at radius 1 is 1.22 bits per heavy atom. The monoisotopic (exact) mass is 369 g/mol. The van der Waals surface area contributed by atoms with Crippen LogP contribution >= 0.6 is 0 Å². The molecule has 27 heavy (non-hydrogen) atoms. The summed E-state index contributed by atoms with van der Waals surface area (Å²) in [5.74, 6) is 0. The van der Waals surface area contributed by atoms with Gasteiger partial charge in [0, 0.05) is 31.6 Å². The van der Waals surface area contributed by atoms with Gasteiger partial charge in [-0.25, -0.2) is 14.3 Å². The molecule has 2 amide bonds. The number of carbonyl (C=O) groups excluding carboxylic acids is 1. The maximum absolute atomic E-state index is 12.4. The summed E-state index contributed by atoms with van der Waals surface area (Å²) in [5, 5.41) is 9.90. The Bertz CT molecular complexity index is 963. The van der Waals surface area contributed by atoms with E-state index >= 15 is 0 Å². The fraction of sp³-hybridized carbons (Fsp3) is 0.316. The van der Waals surface area contributed by atoms with E-state index in [4.69, 9.17) is 4.74 Å². The number of ether oxygens (including phenoxy) is 1. The highest BCUT2D eigenvalue weighted by molar-refractivity contribution is 5.89. The Kier molecular flexibility index (Phi) is 6.22. The van der Waals surface area contributed by atoms with Gasteiger partial charge in [0.15, 0.2) is 5.65 Å². The van der Waals surface area contributed by atoms with Crippen molar-refractivity contribution in [2.45, 2.75) is 19.9 Å². The SMILES string of the molecule is CCOCCCNC(=O)Nc1cccc(Cn2nc3ccccn3c2=O)c1. The van der Waals surface area contributed by atoms with E-state index in [0.29, 0.717) is 37.6 Å². The lowest BCUT2D eigenvalue weighted by Gasteiger charge is -2.09. The zero-order valence-electron chi connectivity index (χ0n) is 15.2. The topological polar surface area (TPSA) is 89.7 Å². The number of carbonyl (C=O) groups is 1. The first-order chi connectivity index (χ1) is 13.2. The number of amides is 2. The van der Waals surface area contributed by atoms with Gasteiger partial charge < -0.3 is 15.4 Å². The lowest BCUT2D eigenvalue weighted by Crippen LogP contribution is -2.30. The van der Waals surface area contributed by atoms with Gasteiger partial charge >= 0.3 is 11.7 Å². The average Bonchev–Trinajstić information content (AvgIpc) is 2.98. The number of hydrogen-bond donors (Lipinski definition) is 2. The third-order valence-corrected chi connectivity index (χ3v) is 3.96. The van der Waals surface area contributed by atoms with Gasteiger partial charge in [-0.15, -0.1) is 5.10 Å². The first-order valence-electron chi connectivity index (χ1n) is 8.93. The van der Waals surface area contributed by atoms with Crippen molar-refractivity contribution in [3.8, 4) is 0 Å². The first-order valence-corrected chi connectivity index (χ1v) is 8.93. The summed E-state index contributed by atoms with van der Waals surface area (Å²) in [6.45, 7) is 4.11. The van der Waals surface area contributed by atoms with Gasteiger partial charge in [0.2, 0.25) is 0 Å². The molecule has 0 radical (unpaired) electrons. The number of hydrogen-bond acceptors (Lipinski definition) is 4. The Balaban J connectivity index is 1.61. The first kappa shape index (κ1) is 18.7. The minimum absolute atomic E-state index is 0.198. The van der Waals surface area contributed by atoms with Gasteiger partial charge in [0.25, 0.3) is 0 Å². The fourth-order valence-corrected chi connectivity index (χ4v) is 2.69. The predicted octanol–water partition coefficient (Wildman–Crippen LogP) is 2.09. The molecule has 1 aromatic carbocycles. The van der Waals surface area contributed by atoms with Crippen molar-refractivity contribution in [1.82, 2.24) is 19.5 Å². The average molecular weight is 369 g/mol. The maximum Gasteiger partial charge on any atom is 0.350 e. The van der Waals surface area contributed by atoms with E-state index in [-0.39, 0.29) is 11.7 Å². The molecule has 0 saturated heterocycles. The molecule has 2 heterocycles. The van der Waals surface area contributed by atoms with Crippen LogP contribution in [0.25, 0.3) is 5.65 Å². The molecule has 0 spiro atoms. The summed E-state index contributed by atoms with van der Waals surface area (Å²) in [4.78, 5) is 24.3. The number of urea groups is 1. The largest absolute Gasteiger partial charge is 0.382 e. The summed E-state index contributed by atoms with van der Waals surface area (Å²) in [6, 6.07) is 12.5. The highest BCUT2D eigenvalue weighted by Crippen LogP contribution is 2.11. The van der Waals surface area contributed by atoms with Crippen molar-refractivity contribution >= 4 is 17.4 Å². The number of nitrogens with one attached hydrogen (secondary N) is 2. The zero-order chi connectivity index (χ0) is 19.1. The molecule has 8 heteroatoms.